The van der Waals surface area contributed by atoms with E-state index in [1.165, 1.54) is 12.2 Å². The lowest BCUT2D eigenvalue weighted by molar-refractivity contribution is -0.110. The largest absolute Gasteiger partial charge is 0.290 e. The quantitative estimate of drug-likeness (QED) is 0.701. The van der Waals surface area contributed by atoms with Crippen LogP contribution in [-0.2, 0) is 4.79 Å². The van der Waals surface area contributed by atoms with Gasteiger partial charge in [-0.1, -0.05) is 59.6 Å². The van der Waals surface area contributed by atoms with Gasteiger partial charge in [0.05, 0.1) is 0 Å². The van der Waals surface area contributed by atoms with Crippen molar-refractivity contribution >= 4 is 41.1 Å². The third-order valence-corrected chi connectivity index (χ3v) is 3.09. The molecule has 100 valence electrons. The number of carbonyl (C=O) groups is 1. The van der Waals surface area contributed by atoms with Crippen LogP contribution in [0.4, 0.5) is 0 Å². The van der Waals surface area contributed by atoms with Crippen LogP contribution in [0.25, 0.3) is 12.2 Å². The SMILES string of the molecule is O=C(/C=C\c1cccc(Cl)c1)/C=C/c1ccc(Cl)cc1. The zero-order valence-corrected chi connectivity index (χ0v) is 12.1. The Morgan fingerprint density at radius 2 is 1.45 bits per heavy atom. The number of rotatable bonds is 4. The molecule has 2 rings (SSSR count). The summed E-state index contributed by atoms with van der Waals surface area (Å²) in [5.41, 5.74) is 1.82. The zero-order valence-electron chi connectivity index (χ0n) is 10.6. The van der Waals surface area contributed by atoms with Gasteiger partial charge >= 0.3 is 0 Å². The molecule has 0 amide bonds. The molecule has 0 N–H and O–H groups in total. The van der Waals surface area contributed by atoms with Gasteiger partial charge in [-0.2, -0.15) is 0 Å². The fraction of sp³-hybridized carbons (Fsp3) is 0. The minimum absolute atomic E-state index is 0.0834. The van der Waals surface area contributed by atoms with E-state index < -0.39 is 0 Å². The maximum atomic E-state index is 11.7. The molecule has 0 radical (unpaired) electrons. The van der Waals surface area contributed by atoms with E-state index in [1.54, 1.807) is 36.4 Å². The molecule has 0 bridgehead atoms. The second-order valence-corrected chi connectivity index (χ2v) is 5.05. The molecule has 0 aliphatic rings. The fourth-order valence-electron chi connectivity index (χ4n) is 1.60. The van der Waals surface area contributed by atoms with Crippen molar-refractivity contribution in [3.05, 3.63) is 81.9 Å². The highest BCUT2D eigenvalue weighted by Crippen LogP contribution is 2.12. The Balaban J connectivity index is 2.00. The van der Waals surface area contributed by atoms with Gasteiger partial charge in [-0.05, 0) is 47.5 Å². The van der Waals surface area contributed by atoms with Crippen molar-refractivity contribution in [1.29, 1.82) is 0 Å². The van der Waals surface area contributed by atoms with Crippen LogP contribution in [0.15, 0.2) is 60.7 Å². The number of ketones is 1. The summed E-state index contributed by atoms with van der Waals surface area (Å²) in [6, 6.07) is 14.6. The van der Waals surface area contributed by atoms with Gasteiger partial charge in [0.15, 0.2) is 5.78 Å². The van der Waals surface area contributed by atoms with Crippen molar-refractivity contribution in [3.63, 3.8) is 0 Å². The highest BCUT2D eigenvalue weighted by molar-refractivity contribution is 6.31. The lowest BCUT2D eigenvalue weighted by Crippen LogP contribution is -1.84. The number of allylic oxidation sites excluding steroid dienone is 2. The Morgan fingerprint density at radius 3 is 2.10 bits per heavy atom. The van der Waals surface area contributed by atoms with E-state index in [-0.39, 0.29) is 5.78 Å². The summed E-state index contributed by atoms with van der Waals surface area (Å²) in [6.07, 6.45) is 6.52. The molecule has 0 fully saturated rings. The van der Waals surface area contributed by atoms with Crippen molar-refractivity contribution in [2.24, 2.45) is 0 Å². The molecule has 0 saturated carbocycles. The molecule has 0 aliphatic heterocycles. The Hall–Kier alpha value is -1.83. The van der Waals surface area contributed by atoms with Crippen molar-refractivity contribution in [2.75, 3.05) is 0 Å². The maximum absolute atomic E-state index is 11.7. The van der Waals surface area contributed by atoms with Crippen LogP contribution >= 0.6 is 23.2 Å². The molecule has 0 atom stereocenters. The average molecular weight is 303 g/mol. The standard InChI is InChI=1S/C17H12Cl2O/c18-15-8-4-13(5-9-15)6-10-17(20)11-7-14-2-1-3-16(19)12-14/h1-12H/b10-6+,11-7-. The predicted molar refractivity (Wildman–Crippen MR) is 86.0 cm³/mol. The first kappa shape index (κ1) is 14.6. The number of hydrogen-bond donors (Lipinski definition) is 0. The van der Waals surface area contributed by atoms with Crippen LogP contribution in [-0.4, -0.2) is 5.78 Å². The average Bonchev–Trinajstić information content (AvgIpc) is 2.45. The number of halogens is 2. The number of carbonyl (C=O) groups excluding carboxylic acids is 1. The summed E-state index contributed by atoms with van der Waals surface area (Å²) in [4.78, 5) is 11.7. The van der Waals surface area contributed by atoms with Crippen molar-refractivity contribution < 1.29 is 4.79 Å². The smallest absolute Gasteiger partial charge is 0.178 e. The zero-order chi connectivity index (χ0) is 14.4. The molecule has 0 heterocycles. The monoisotopic (exact) mass is 302 g/mol. The molecule has 20 heavy (non-hydrogen) atoms. The van der Waals surface area contributed by atoms with Gasteiger partial charge in [0.1, 0.15) is 0 Å². The van der Waals surface area contributed by atoms with Gasteiger partial charge in [-0.3, -0.25) is 4.79 Å². The Kier molecular flexibility index (Phi) is 5.16. The summed E-state index contributed by atoms with van der Waals surface area (Å²) in [5.74, 6) is -0.0834. The molecule has 3 heteroatoms. The molecule has 0 spiro atoms. The van der Waals surface area contributed by atoms with Crippen molar-refractivity contribution in [2.45, 2.75) is 0 Å². The molecule has 0 unspecified atom stereocenters. The lowest BCUT2D eigenvalue weighted by Gasteiger charge is -1.94. The Labute approximate surface area is 128 Å². The van der Waals surface area contributed by atoms with Crippen LogP contribution in [0, 0.1) is 0 Å². The number of benzene rings is 2. The van der Waals surface area contributed by atoms with Crippen LogP contribution in [0.5, 0.6) is 0 Å². The van der Waals surface area contributed by atoms with E-state index in [9.17, 15) is 4.79 Å². The molecule has 0 saturated heterocycles. The number of hydrogen-bond acceptors (Lipinski definition) is 1. The van der Waals surface area contributed by atoms with Gasteiger partial charge in [-0.15, -0.1) is 0 Å². The van der Waals surface area contributed by atoms with Crippen LogP contribution in [0.1, 0.15) is 11.1 Å². The lowest BCUT2D eigenvalue weighted by atomic mass is 10.1. The van der Waals surface area contributed by atoms with Crippen LogP contribution in [0.2, 0.25) is 10.0 Å². The minimum Gasteiger partial charge on any atom is -0.290 e. The van der Waals surface area contributed by atoms with E-state index in [0.717, 1.165) is 11.1 Å². The second kappa shape index (κ2) is 7.09. The summed E-state index contributed by atoms with van der Waals surface area (Å²) in [5, 5.41) is 1.32. The highest BCUT2D eigenvalue weighted by atomic mass is 35.5. The first-order valence-electron chi connectivity index (χ1n) is 6.05. The summed E-state index contributed by atoms with van der Waals surface area (Å²) in [6.45, 7) is 0. The molecular weight excluding hydrogens is 291 g/mol. The summed E-state index contributed by atoms with van der Waals surface area (Å²) in [7, 11) is 0. The van der Waals surface area contributed by atoms with E-state index in [2.05, 4.69) is 0 Å². The van der Waals surface area contributed by atoms with E-state index >= 15 is 0 Å². The van der Waals surface area contributed by atoms with Crippen molar-refractivity contribution in [3.8, 4) is 0 Å². The van der Waals surface area contributed by atoms with E-state index in [1.807, 2.05) is 24.3 Å². The summed E-state index contributed by atoms with van der Waals surface area (Å²) < 4.78 is 0. The minimum atomic E-state index is -0.0834. The summed E-state index contributed by atoms with van der Waals surface area (Å²) >= 11 is 11.7. The molecule has 2 aromatic carbocycles. The highest BCUT2D eigenvalue weighted by Gasteiger charge is 1.93. The van der Waals surface area contributed by atoms with E-state index in [4.69, 9.17) is 23.2 Å². The van der Waals surface area contributed by atoms with Gasteiger partial charge in [0.2, 0.25) is 0 Å². The topological polar surface area (TPSA) is 17.1 Å². The molecular formula is C17H12Cl2O. The van der Waals surface area contributed by atoms with Gasteiger partial charge in [0, 0.05) is 10.0 Å². The van der Waals surface area contributed by atoms with Crippen LogP contribution in [0.3, 0.4) is 0 Å². The van der Waals surface area contributed by atoms with Gasteiger partial charge < -0.3 is 0 Å². The van der Waals surface area contributed by atoms with E-state index in [0.29, 0.717) is 10.0 Å². The van der Waals surface area contributed by atoms with Crippen LogP contribution < -0.4 is 0 Å². The predicted octanol–water partition coefficient (Wildman–Crippen LogP) is 5.29. The van der Waals surface area contributed by atoms with Gasteiger partial charge in [-0.25, -0.2) is 0 Å². The van der Waals surface area contributed by atoms with Gasteiger partial charge in [0.25, 0.3) is 0 Å². The second-order valence-electron chi connectivity index (χ2n) is 4.18. The molecule has 0 aliphatic carbocycles. The van der Waals surface area contributed by atoms with Crippen molar-refractivity contribution in [1.82, 2.24) is 0 Å². The third-order valence-electron chi connectivity index (χ3n) is 2.60. The maximum Gasteiger partial charge on any atom is 0.178 e. The normalized spacial score (nSPS) is 11.3. The third kappa shape index (κ3) is 4.69. The fourth-order valence-corrected chi connectivity index (χ4v) is 1.92. The Bertz CT molecular complexity index is 655. The Morgan fingerprint density at radius 1 is 0.800 bits per heavy atom. The molecule has 0 aromatic heterocycles. The first-order valence-corrected chi connectivity index (χ1v) is 6.80. The molecule has 1 nitrogen and oxygen atoms in total. The first-order chi connectivity index (χ1) is 9.63. The molecule has 2 aromatic rings.